The fourth-order valence-corrected chi connectivity index (χ4v) is 1.88. The molecule has 0 bridgehead atoms. The van der Waals surface area contributed by atoms with Crippen molar-refractivity contribution in [1.29, 1.82) is 5.26 Å². The molecule has 1 rings (SSSR count). The van der Waals surface area contributed by atoms with Gasteiger partial charge in [0.25, 0.3) is 11.6 Å². The number of hydrogen-bond acceptors (Lipinski definition) is 5. The van der Waals surface area contributed by atoms with E-state index in [1.807, 2.05) is 6.07 Å². The third-order valence-electron chi connectivity index (χ3n) is 2.87. The zero-order valence-corrected chi connectivity index (χ0v) is 12.0. The zero-order chi connectivity index (χ0) is 15.8. The van der Waals surface area contributed by atoms with E-state index in [0.29, 0.717) is 18.7 Å². The zero-order valence-electron chi connectivity index (χ0n) is 12.0. The Bertz CT molecular complexity index is 566. The predicted octanol–water partition coefficient (Wildman–Crippen LogP) is 1.91. The molecule has 1 amide bonds. The molecular formula is C14H17N3O4. The standard InChI is InChI=1S/C14H17N3O4/c1-11-8-12(10-13(9-11)17(19)20)14(18)16(5-3-4-15)6-7-21-2/h8-10H,3,5-7H2,1-2H3. The number of nitriles is 1. The van der Waals surface area contributed by atoms with Crippen molar-refractivity contribution in [1.82, 2.24) is 4.90 Å². The SMILES string of the molecule is COCCN(CCC#N)C(=O)c1cc(C)cc([N+](=O)[O-])c1. The van der Waals surface area contributed by atoms with Crippen LogP contribution in [0.5, 0.6) is 0 Å². The summed E-state index contributed by atoms with van der Waals surface area (Å²) < 4.78 is 4.94. The Morgan fingerprint density at radius 1 is 1.43 bits per heavy atom. The van der Waals surface area contributed by atoms with Crippen molar-refractivity contribution in [3.8, 4) is 6.07 Å². The van der Waals surface area contributed by atoms with Crippen LogP contribution in [0.2, 0.25) is 0 Å². The van der Waals surface area contributed by atoms with Crippen LogP contribution in [0.25, 0.3) is 0 Å². The van der Waals surface area contributed by atoms with Gasteiger partial charge < -0.3 is 9.64 Å². The molecule has 0 atom stereocenters. The minimum atomic E-state index is -0.529. The highest BCUT2D eigenvalue weighted by Gasteiger charge is 2.18. The number of rotatable bonds is 7. The number of amides is 1. The van der Waals surface area contributed by atoms with Crippen molar-refractivity contribution >= 4 is 11.6 Å². The van der Waals surface area contributed by atoms with Gasteiger partial charge in [-0.15, -0.1) is 0 Å². The summed E-state index contributed by atoms with van der Waals surface area (Å²) in [5, 5.41) is 19.5. The monoisotopic (exact) mass is 291 g/mol. The second-order valence-corrected chi connectivity index (χ2v) is 4.51. The highest BCUT2D eigenvalue weighted by atomic mass is 16.6. The van der Waals surface area contributed by atoms with Crippen molar-refractivity contribution in [3.05, 3.63) is 39.4 Å². The number of hydrogen-bond donors (Lipinski definition) is 0. The molecule has 0 aliphatic rings. The topological polar surface area (TPSA) is 96.5 Å². The number of aryl methyl sites for hydroxylation is 1. The van der Waals surface area contributed by atoms with Crippen molar-refractivity contribution in [2.24, 2.45) is 0 Å². The lowest BCUT2D eigenvalue weighted by Crippen LogP contribution is -2.34. The Morgan fingerprint density at radius 2 is 2.14 bits per heavy atom. The Kier molecular flexibility index (Phi) is 6.30. The van der Waals surface area contributed by atoms with E-state index in [1.165, 1.54) is 24.1 Å². The number of methoxy groups -OCH3 is 1. The van der Waals surface area contributed by atoms with E-state index >= 15 is 0 Å². The summed E-state index contributed by atoms with van der Waals surface area (Å²) in [7, 11) is 1.52. The first-order valence-electron chi connectivity index (χ1n) is 6.41. The van der Waals surface area contributed by atoms with Crippen LogP contribution in [0, 0.1) is 28.4 Å². The van der Waals surface area contributed by atoms with Gasteiger partial charge >= 0.3 is 0 Å². The van der Waals surface area contributed by atoms with Crippen LogP contribution < -0.4 is 0 Å². The largest absolute Gasteiger partial charge is 0.383 e. The van der Waals surface area contributed by atoms with Crippen molar-refractivity contribution in [2.45, 2.75) is 13.3 Å². The first-order chi connectivity index (χ1) is 9.99. The first kappa shape index (κ1) is 16.6. The lowest BCUT2D eigenvalue weighted by Gasteiger charge is -2.21. The molecule has 0 aliphatic carbocycles. The summed E-state index contributed by atoms with van der Waals surface area (Å²) in [5.41, 5.74) is 0.764. The number of nitro benzene ring substituents is 1. The van der Waals surface area contributed by atoms with Gasteiger partial charge in [0.1, 0.15) is 0 Å². The third-order valence-corrected chi connectivity index (χ3v) is 2.87. The summed E-state index contributed by atoms with van der Waals surface area (Å²) in [4.78, 5) is 24.2. The molecule has 0 fully saturated rings. The highest BCUT2D eigenvalue weighted by Crippen LogP contribution is 2.18. The number of benzene rings is 1. The maximum absolute atomic E-state index is 12.4. The summed E-state index contributed by atoms with van der Waals surface area (Å²) in [6, 6.07) is 6.24. The number of nitrogens with zero attached hydrogens (tertiary/aromatic N) is 3. The van der Waals surface area contributed by atoms with Crippen LogP contribution in [0.3, 0.4) is 0 Å². The fraction of sp³-hybridized carbons (Fsp3) is 0.429. The van der Waals surface area contributed by atoms with Gasteiger partial charge in [0.15, 0.2) is 0 Å². The quantitative estimate of drug-likeness (QED) is 0.564. The van der Waals surface area contributed by atoms with Gasteiger partial charge in [-0.2, -0.15) is 5.26 Å². The lowest BCUT2D eigenvalue weighted by molar-refractivity contribution is -0.384. The molecule has 0 aromatic heterocycles. The summed E-state index contributed by atoms with van der Waals surface area (Å²) in [6.07, 6.45) is 0.198. The number of ether oxygens (including phenoxy) is 1. The van der Waals surface area contributed by atoms with Gasteiger partial charge in [0.2, 0.25) is 0 Å². The molecule has 0 saturated carbocycles. The number of non-ortho nitro benzene ring substituents is 1. The van der Waals surface area contributed by atoms with Crippen molar-refractivity contribution < 1.29 is 14.5 Å². The van der Waals surface area contributed by atoms with Gasteiger partial charge in [-0.05, 0) is 18.6 Å². The van der Waals surface area contributed by atoms with Crippen LogP contribution in [-0.2, 0) is 4.74 Å². The Balaban J connectivity index is 3.01. The second-order valence-electron chi connectivity index (χ2n) is 4.51. The minimum Gasteiger partial charge on any atom is -0.383 e. The average Bonchev–Trinajstić information content (AvgIpc) is 2.46. The molecule has 0 saturated heterocycles. The molecule has 0 unspecified atom stereocenters. The van der Waals surface area contributed by atoms with Gasteiger partial charge in [-0.3, -0.25) is 14.9 Å². The average molecular weight is 291 g/mol. The molecule has 0 radical (unpaired) electrons. The molecule has 21 heavy (non-hydrogen) atoms. The summed E-state index contributed by atoms with van der Waals surface area (Å²) >= 11 is 0. The molecule has 0 heterocycles. The van der Waals surface area contributed by atoms with E-state index < -0.39 is 4.92 Å². The van der Waals surface area contributed by atoms with Crippen LogP contribution in [0.1, 0.15) is 22.3 Å². The molecular weight excluding hydrogens is 274 g/mol. The Morgan fingerprint density at radius 3 is 2.71 bits per heavy atom. The molecule has 0 spiro atoms. The van der Waals surface area contributed by atoms with Gasteiger partial charge in [-0.1, -0.05) is 0 Å². The highest BCUT2D eigenvalue weighted by molar-refractivity contribution is 5.95. The summed E-state index contributed by atoms with van der Waals surface area (Å²) in [6.45, 7) is 2.63. The maximum Gasteiger partial charge on any atom is 0.270 e. The number of nitro groups is 1. The number of carbonyl (C=O) groups is 1. The molecule has 7 heteroatoms. The molecule has 0 N–H and O–H groups in total. The number of carbonyl (C=O) groups excluding carboxylic acids is 1. The molecule has 1 aromatic rings. The van der Waals surface area contributed by atoms with E-state index in [9.17, 15) is 14.9 Å². The van der Waals surface area contributed by atoms with Gasteiger partial charge in [0.05, 0.1) is 24.0 Å². The smallest absolute Gasteiger partial charge is 0.270 e. The molecule has 7 nitrogen and oxygen atoms in total. The summed E-state index contributed by atoms with van der Waals surface area (Å²) in [5.74, 6) is -0.339. The van der Waals surface area contributed by atoms with Gasteiger partial charge in [-0.25, -0.2) is 0 Å². The Hall–Kier alpha value is -2.46. The third kappa shape index (κ3) is 4.85. The predicted molar refractivity (Wildman–Crippen MR) is 75.8 cm³/mol. The van der Waals surface area contributed by atoms with E-state index in [4.69, 9.17) is 10.00 Å². The minimum absolute atomic E-state index is 0.120. The van der Waals surface area contributed by atoms with Gasteiger partial charge in [0, 0.05) is 37.9 Å². The van der Waals surface area contributed by atoms with E-state index in [1.54, 1.807) is 13.0 Å². The van der Waals surface area contributed by atoms with Crippen molar-refractivity contribution in [2.75, 3.05) is 26.8 Å². The second kappa shape index (κ2) is 7.97. The Labute approximate surface area is 122 Å². The van der Waals surface area contributed by atoms with Crippen molar-refractivity contribution in [3.63, 3.8) is 0 Å². The molecule has 1 aromatic carbocycles. The van der Waals surface area contributed by atoms with Crippen LogP contribution in [0.15, 0.2) is 18.2 Å². The molecule has 112 valence electrons. The van der Waals surface area contributed by atoms with Crippen LogP contribution >= 0.6 is 0 Å². The van der Waals surface area contributed by atoms with E-state index in [0.717, 1.165) is 0 Å². The normalized spacial score (nSPS) is 9.95. The van der Waals surface area contributed by atoms with Crippen LogP contribution in [-0.4, -0.2) is 42.5 Å². The maximum atomic E-state index is 12.4. The van der Waals surface area contributed by atoms with E-state index in [-0.39, 0.29) is 30.1 Å². The molecule has 0 aliphatic heterocycles. The first-order valence-corrected chi connectivity index (χ1v) is 6.41. The lowest BCUT2D eigenvalue weighted by atomic mass is 10.1. The van der Waals surface area contributed by atoms with Crippen LogP contribution in [0.4, 0.5) is 5.69 Å². The fourth-order valence-electron chi connectivity index (χ4n) is 1.88. The van der Waals surface area contributed by atoms with E-state index in [2.05, 4.69) is 0 Å².